The van der Waals surface area contributed by atoms with Gasteiger partial charge in [-0.1, -0.05) is 12.1 Å². The Hall–Kier alpha value is -3.59. The smallest absolute Gasteiger partial charge is 0.255 e. The third-order valence-corrected chi connectivity index (χ3v) is 6.79. The maximum atomic E-state index is 13.5. The van der Waals surface area contributed by atoms with Crippen molar-refractivity contribution >= 4 is 40.3 Å². The van der Waals surface area contributed by atoms with Gasteiger partial charge in [-0.25, -0.2) is 4.98 Å². The number of amides is 2. The van der Waals surface area contributed by atoms with Gasteiger partial charge < -0.3 is 24.8 Å². The number of halogens is 1. The van der Waals surface area contributed by atoms with E-state index in [2.05, 4.69) is 10.6 Å². The number of imidazole rings is 1. The van der Waals surface area contributed by atoms with Crippen molar-refractivity contribution in [2.24, 2.45) is 7.05 Å². The highest BCUT2D eigenvalue weighted by Gasteiger charge is 2.32. The molecule has 0 fully saturated rings. The molecule has 2 aromatic carbocycles. The third-order valence-electron chi connectivity index (χ3n) is 6.52. The highest BCUT2D eigenvalue weighted by Crippen LogP contribution is 2.28. The highest BCUT2D eigenvalue weighted by atomic mass is 35.5. The van der Waals surface area contributed by atoms with Gasteiger partial charge in [-0.2, -0.15) is 0 Å². The Morgan fingerprint density at radius 1 is 1.31 bits per heavy atom. The molecule has 0 saturated heterocycles. The molecular formula is C26H31ClN6O3. The standard InChI is InChI=1S/C26H31ClN6O3/c1-4-33-15-16-7-5-8-18(23(16)26(33)35)25(34)31-19(9-6-12-29-22(28)14-27)24-30-20-13-17(36-3)10-11-21(20)32(24)2/h5,7-8,10-11,13,19H,4,6,9,12,14-15H2,1-3H3,(H2,28,29)(H,31,34). The number of rotatable bonds is 10. The third kappa shape index (κ3) is 5.02. The molecule has 3 N–H and O–H groups in total. The van der Waals surface area contributed by atoms with Gasteiger partial charge in [0, 0.05) is 32.7 Å². The fraction of sp³-hybridized carbons (Fsp3) is 0.385. The second kappa shape index (κ2) is 11.0. The molecular weight excluding hydrogens is 480 g/mol. The number of fused-ring (bicyclic) bond motifs is 2. The number of aromatic nitrogens is 2. The van der Waals surface area contributed by atoms with Crippen LogP contribution < -0.4 is 15.4 Å². The van der Waals surface area contributed by atoms with Crippen molar-refractivity contribution in [1.82, 2.24) is 25.1 Å². The predicted octanol–water partition coefficient (Wildman–Crippen LogP) is 3.61. The number of amidine groups is 1. The zero-order chi connectivity index (χ0) is 25.8. The first-order chi connectivity index (χ1) is 17.4. The van der Waals surface area contributed by atoms with Gasteiger partial charge in [0.15, 0.2) is 0 Å². The van der Waals surface area contributed by atoms with Gasteiger partial charge in [0.1, 0.15) is 17.4 Å². The Kier molecular flexibility index (Phi) is 7.79. The van der Waals surface area contributed by atoms with E-state index in [1.165, 1.54) is 0 Å². The topological polar surface area (TPSA) is 112 Å². The Morgan fingerprint density at radius 3 is 2.83 bits per heavy atom. The van der Waals surface area contributed by atoms with Gasteiger partial charge in [0.05, 0.1) is 41.2 Å². The van der Waals surface area contributed by atoms with Gasteiger partial charge in [-0.3, -0.25) is 15.0 Å². The van der Waals surface area contributed by atoms with Gasteiger partial charge in [-0.05, 0) is 43.5 Å². The molecule has 1 aromatic heterocycles. The summed E-state index contributed by atoms with van der Waals surface area (Å²) in [7, 11) is 3.53. The number of alkyl halides is 1. The van der Waals surface area contributed by atoms with E-state index in [9.17, 15) is 9.59 Å². The van der Waals surface area contributed by atoms with Crippen LogP contribution in [0.25, 0.3) is 11.0 Å². The summed E-state index contributed by atoms with van der Waals surface area (Å²) >= 11 is 5.70. The number of carbonyl (C=O) groups excluding carboxylic acids is 2. The van der Waals surface area contributed by atoms with E-state index < -0.39 is 6.04 Å². The van der Waals surface area contributed by atoms with E-state index in [0.717, 1.165) is 16.6 Å². The molecule has 2 amide bonds. The van der Waals surface area contributed by atoms with Gasteiger partial charge in [0.2, 0.25) is 0 Å². The zero-order valence-corrected chi connectivity index (χ0v) is 21.5. The summed E-state index contributed by atoms with van der Waals surface area (Å²) < 4.78 is 7.31. The van der Waals surface area contributed by atoms with E-state index in [0.29, 0.717) is 55.2 Å². The summed E-state index contributed by atoms with van der Waals surface area (Å²) in [6, 6.07) is 10.7. The Balaban J connectivity index is 1.63. The monoisotopic (exact) mass is 510 g/mol. The van der Waals surface area contributed by atoms with Gasteiger partial charge >= 0.3 is 0 Å². The number of benzene rings is 2. The molecule has 1 aliphatic rings. The van der Waals surface area contributed by atoms with Crippen LogP contribution in [0.15, 0.2) is 36.4 Å². The number of ether oxygens (including phenoxy) is 1. The van der Waals surface area contributed by atoms with E-state index in [4.69, 9.17) is 26.7 Å². The summed E-state index contributed by atoms with van der Waals surface area (Å²) in [5, 5.41) is 13.8. The summed E-state index contributed by atoms with van der Waals surface area (Å²) in [5.74, 6) is 1.35. The lowest BCUT2D eigenvalue weighted by atomic mass is 10.0. The van der Waals surface area contributed by atoms with Crippen LogP contribution in [0.3, 0.4) is 0 Å². The lowest BCUT2D eigenvalue weighted by molar-refractivity contribution is 0.0780. The number of hydrogen-bond acceptors (Lipinski definition) is 5. The molecule has 0 aliphatic carbocycles. The molecule has 1 atom stereocenters. The van der Waals surface area contributed by atoms with Crippen molar-refractivity contribution in [2.45, 2.75) is 32.4 Å². The molecule has 190 valence electrons. The summed E-state index contributed by atoms with van der Waals surface area (Å²) in [6.07, 6.45) is 1.25. The molecule has 1 unspecified atom stereocenters. The largest absolute Gasteiger partial charge is 0.497 e. The average molecular weight is 511 g/mol. The fourth-order valence-corrected chi connectivity index (χ4v) is 4.69. The van der Waals surface area contributed by atoms with Crippen LogP contribution in [-0.2, 0) is 13.6 Å². The number of methoxy groups -OCH3 is 1. The van der Waals surface area contributed by atoms with E-state index in [1.54, 1.807) is 18.1 Å². The van der Waals surface area contributed by atoms with E-state index in [-0.39, 0.29) is 23.5 Å². The average Bonchev–Trinajstić information content (AvgIpc) is 3.41. The maximum absolute atomic E-state index is 13.5. The lowest BCUT2D eigenvalue weighted by Gasteiger charge is -2.20. The normalized spacial score (nSPS) is 13.6. The molecule has 0 saturated carbocycles. The zero-order valence-electron chi connectivity index (χ0n) is 20.7. The van der Waals surface area contributed by atoms with Crippen LogP contribution in [0, 0.1) is 5.41 Å². The molecule has 4 rings (SSSR count). The van der Waals surface area contributed by atoms with Crippen LogP contribution in [-0.4, -0.2) is 58.2 Å². The van der Waals surface area contributed by atoms with Crippen LogP contribution in [0.4, 0.5) is 0 Å². The van der Waals surface area contributed by atoms with Crippen LogP contribution in [0.5, 0.6) is 5.75 Å². The van der Waals surface area contributed by atoms with Crippen LogP contribution >= 0.6 is 11.6 Å². The maximum Gasteiger partial charge on any atom is 0.255 e. The van der Waals surface area contributed by atoms with Gasteiger partial charge in [-0.15, -0.1) is 11.6 Å². The summed E-state index contributed by atoms with van der Waals surface area (Å²) in [6.45, 7) is 3.57. The van der Waals surface area contributed by atoms with Crippen molar-refractivity contribution in [3.63, 3.8) is 0 Å². The quantitative estimate of drug-likeness (QED) is 0.167. The minimum absolute atomic E-state index is 0.117. The second-order valence-electron chi connectivity index (χ2n) is 8.75. The molecule has 2 heterocycles. The van der Waals surface area contributed by atoms with Crippen LogP contribution in [0.2, 0.25) is 0 Å². The first kappa shape index (κ1) is 25.5. The highest BCUT2D eigenvalue weighted by molar-refractivity contribution is 6.27. The van der Waals surface area contributed by atoms with E-state index >= 15 is 0 Å². The SMILES string of the molecule is CCN1Cc2cccc(C(=O)NC(CCCNC(=N)CCl)c3nc4cc(OC)ccc4n3C)c2C1=O. The summed E-state index contributed by atoms with van der Waals surface area (Å²) in [5.41, 5.74) is 3.40. The van der Waals surface area contributed by atoms with E-state index in [1.807, 2.05) is 48.9 Å². The molecule has 0 bridgehead atoms. The number of aryl methyl sites for hydroxylation is 1. The van der Waals surface area contributed by atoms with Gasteiger partial charge in [0.25, 0.3) is 11.8 Å². The van der Waals surface area contributed by atoms with Crippen molar-refractivity contribution in [1.29, 1.82) is 5.41 Å². The van der Waals surface area contributed by atoms with Crippen molar-refractivity contribution < 1.29 is 14.3 Å². The second-order valence-corrected chi connectivity index (χ2v) is 9.02. The molecule has 1 aliphatic heterocycles. The Bertz CT molecular complexity index is 1300. The molecule has 0 radical (unpaired) electrons. The fourth-order valence-electron chi connectivity index (χ4n) is 4.60. The first-order valence-electron chi connectivity index (χ1n) is 12.0. The number of carbonyl (C=O) groups is 2. The molecule has 9 nitrogen and oxygen atoms in total. The van der Waals surface area contributed by atoms with Crippen LogP contribution in [0.1, 0.15) is 57.9 Å². The number of nitrogens with zero attached hydrogens (tertiary/aromatic N) is 3. The van der Waals surface area contributed by atoms with Crippen molar-refractivity contribution in [2.75, 3.05) is 26.1 Å². The molecule has 36 heavy (non-hydrogen) atoms. The van der Waals surface area contributed by atoms with Crippen molar-refractivity contribution in [3.05, 3.63) is 58.9 Å². The molecule has 0 spiro atoms. The first-order valence-corrected chi connectivity index (χ1v) is 12.5. The van der Waals surface area contributed by atoms with Crippen molar-refractivity contribution in [3.8, 4) is 5.75 Å². The lowest BCUT2D eigenvalue weighted by Crippen LogP contribution is -2.33. The summed E-state index contributed by atoms with van der Waals surface area (Å²) in [4.78, 5) is 33.0. The number of hydrogen-bond donors (Lipinski definition) is 3. The Labute approximate surface area is 215 Å². The minimum atomic E-state index is -0.414. The Morgan fingerprint density at radius 2 is 2.11 bits per heavy atom. The minimum Gasteiger partial charge on any atom is -0.497 e. The molecule has 3 aromatic rings. The molecule has 10 heteroatoms. The number of nitrogens with one attached hydrogen (secondary N) is 3. The predicted molar refractivity (Wildman–Crippen MR) is 140 cm³/mol.